The van der Waals surface area contributed by atoms with Crippen LogP contribution in [0.15, 0.2) is 53.5 Å². The monoisotopic (exact) mass is 276 g/mol. The molecule has 2 aromatic rings. The SMILES string of the molecule is CC1(C)C=C(n2ccccc2=O)c2cc(C#N)ccc2C1. The molecule has 0 bridgehead atoms. The first-order valence-electron chi connectivity index (χ1n) is 6.94. The van der Waals surface area contributed by atoms with Crippen molar-refractivity contribution in [1.82, 2.24) is 4.57 Å². The zero-order valence-corrected chi connectivity index (χ0v) is 12.1. The molecule has 1 aromatic heterocycles. The Balaban J connectivity index is 2.29. The van der Waals surface area contributed by atoms with E-state index in [9.17, 15) is 4.79 Å². The summed E-state index contributed by atoms with van der Waals surface area (Å²) >= 11 is 0. The molecule has 0 aliphatic heterocycles. The molecule has 0 saturated carbocycles. The molecule has 21 heavy (non-hydrogen) atoms. The number of aromatic nitrogens is 1. The normalized spacial score (nSPS) is 15.8. The van der Waals surface area contributed by atoms with Gasteiger partial charge in [-0.3, -0.25) is 9.36 Å². The Bertz CT molecular complexity index is 835. The average molecular weight is 276 g/mol. The quantitative estimate of drug-likeness (QED) is 0.803. The minimum Gasteiger partial charge on any atom is -0.284 e. The highest BCUT2D eigenvalue weighted by atomic mass is 16.1. The van der Waals surface area contributed by atoms with Gasteiger partial charge in [-0.05, 0) is 35.6 Å². The molecule has 1 heterocycles. The third-order valence-electron chi connectivity index (χ3n) is 3.77. The summed E-state index contributed by atoms with van der Waals surface area (Å²) in [5.74, 6) is 0. The molecule has 0 spiro atoms. The molecule has 0 amide bonds. The van der Waals surface area contributed by atoms with Crippen LogP contribution in [0.4, 0.5) is 0 Å². The molecule has 104 valence electrons. The number of nitriles is 1. The predicted molar refractivity (Wildman–Crippen MR) is 82.7 cm³/mol. The molecule has 1 aliphatic carbocycles. The van der Waals surface area contributed by atoms with Crippen LogP contribution in [-0.2, 0) is 6.42 Å². The van der Waals surface area contributed by atoms with Crippen molar-refractivity contribution in [2.75, 3.05) is 0 Å². The maximum atomic E-state index is 12.2. The second kappa shape index (κ2) is 4.75. The summed E-state index contributed by atoms with van der Waals surface area (Å²) in [7, 11) is 0. The van der Waals surface area contributed by atoms with Crippen LogP contribution < -0.4 is 5.56 Å². The van der Waals surface area contributed by atoms with E-state index in [4.69, 9.17) is 5.26 Å². The third kappa shape index (κ3) is 2.41. The van der Waals surface area contributed by atoms with E-state index >= 15 is 0 Å². The smallest absolute Gasteiger partial charge is 0.255 e. The summed E-state index contributed by atoms with van der Waals surface area (Å²) in [4.78, 5) is 12.2. The van der Waals surface area contributed by atoms with E-state index in [-0.39, 0.29) is 11.0 Å². The summed E-state index contributed by atoms with van der Waals surface area (Å²) < 4.78 is 1.65. The summed E-state index contributed by atoms with van der Waals surface area (Å²) in [5.41, 5.74) is 3.54. The van der Waals surface area contributed by atoms with Gasteiger partial charge >= 0.3 is 0 Å². The second-order valence-electron chi connectivity index (χ2n) is 6.09. The van der Waals surface area contributed by atoms with Crippen LogP contribution in [0.25, 0.3) is 5.70 Å². The number of hydrogen-bond donors (Lipinski definition) is 0. The van der Waals surface area contributed by atoms with E-state index < -0.39 is 0 Å². The van der Waals surface area contributed by atoms with Gasteiger partial charge in [0, 0.05) is 17.8 Å². The van der Waals surface area contributed by atoms with Crippen LogP contribution in [0.5, 0.6) is 0 Å². The van der Waals surface area contributed by atoms with Crippen LogP contribution >= 0.6 is 0 Å². The van der Waals surface area contributed by atoms with E-state index in [1.165, 1.54) is 5.56 Å². The highest BCUT2D eigenvalue weighted by molar-refractivity contribution is 5.72. The Morgan fingerprint density at radius 1 is 1.24 bits per heavy atom. The first-order chi connectivity index (χ1) is 10.00. The summed E-state index contributed by atoms with van der Waals surface area (Å²) in [6.07, 6.45) is 4.80. The molecule has 0 atom stereocenters. The first kappa shape index (κ1) is 13.4. The van der Waals surface area contributed by atoms with Crippen molar-refractivity contribution >= 4 is 5.70 Å². The lowest BCUT2D eigenvalue weighted by molar-refractivity contribution is 0.470. The van der Waals surface area contributed by atoms with Crippen LogP contribution in [-0.4, -0.2) is 4.57 Å². The highest BCUT2D eigenvalue weighted by Gasteiger charge is 2.26. The lowest BCUT2D eigenvalue weighted by atomic mass is 9.77. The third-order valence-corrected chi connectivity index (χ3v) is 3.77. The molecule has 1 aromatic carbocycles. The first-order valence-corrected chi connectivity index (χ1v) is 6.94. The van der Waals surface area contributed by atoms with Crippen molar-refractivity contribution in [3.05, 3.63) is 75.7 Å². The Labute approximate surface area is 123 Å². The molecular weight excluding hydrogens is 260 g/mol. The fourth-order valence-electron chi connectivity index (χ4n) is 2.85. The molecule has 3 heteroatoms. The minimum atomic E-state index is -0.0604. The van der Waals surface area contributed by atoms with Crippen molar-refractivity contribution in [2.45, 2.75) is 20.3 Å². The van der Waals surface area contributed by atoms with Gasteiger partial charge in [0.25, 0.3) is 5.56 Å². The van der Waals surface area contributed by atoms with E-state index in [1.54, 1.807) is 22.9 Å². The standard InChI is InChI=1S/C18H16N2O/c1-18(2)10-14-7-6-13(12-19)9-15(14)16(11-18)20-8-4-3-5-17(20)21/h3-9,11H,10H2,1-2H3. The molecule has 0 N–H and O–H groups in total. The molecule has 1 aliphatic rings. The molecule has 3 rings (SSSR count). The number of allylic oxidation sites excluding steroid dienone is 1. The number of hydrogen-bond acceptors (Lipinski definition) is 2. The molecule has 3 nitrogen and oxygen atoms in total. The van der Waals surface area contributed by atoms with Gasteiger partial charge in [0.15, 0.2) is 0 Å². The minimum absolute atomic E-state index is 0.0220. The van der Waals surface area contributed by atoms with Crippen LogP contribution in [0.3, 0.4) is 0 Å². The second-order valence-corrected chi connectivity index (χ2v) is 6.09. The lowest BCUT2D eigenvalue weighted by Gasteiger charge is -2.30. The number of fused-ring (bicyclic) bond motifs is 1. The van der Waals surface area contributed by atoms with Gasteiger partial charge in [0.1, 0.15) is 0 Å². The summed E-state index contributed by atoms with van der Waals surface area (Å²) in [5, 5.41) is 9.12. The lowest BCUT2D eigenvalue weighted by Crippen LogP contribution is -2.25. The fraction of sp³-hybridized carbons (Fsp3) is 0.222. The van der Waals surface area contributed by atoms with Crippen LogP contribution in [0.1, 0.15) is 30.5 Å². The van der Waals surface area contributed by atoms with Gasteiger partial charge in [0.2, 0.25) is 0 Å². The van der Waals surface area contributed by atoms with Crippen molar-refractivity contribution in [3.8, 4) is 6.07 Å². The van der Waals surface area contributed by atoms with Gasteiger partial charge in [0.05, 0.1) is 17.3 Å². The average Bonchev–Trinajstić information content (AvgIpc) is 2.46. The highest BCUT2D eigenvalue weighted by Crippen LogP contribution is 2.37. The van der Waals surface area contributed by atoms with E-state index in [2.05, 4.69) is 26.0 Å². The van der Waals surface area contributed by atoms with E-state index in [1.807, 2.05) is 24.3 Å². The van der Waals surface area contributed by atoms with Crippen LogP contribution in [0, 0.1) is 16.7 Å². The number of pyridine rings is 1. The molecule has 0 fully saturated rings. The van der Waals surface area contributed by atoms with Crippen molar-refractivity contribution < 1.29 is 0 Å². The Morgan fingerprint density at radius 2 is 2.05 bits per heavy atom. The number of rotatable bonds is 1. The summed E-state index contributed by atoms with van der Waals surface area (Å²) in [6, 6.07) is 13.0. The van der Waals surface area contributed by atoms with Gasteiger partial charge in [-0.25, -0.2) is 0 Å². The largest absolute Gasteiger partial charge is 0.284 e. The van der Waals surface area contributed by atoms with Gasteiger partial charge in [-0.2, -0.15) is 5.26 Å². The topological polar surface area (TPSA) is 45.8 Å². The van der Waals surface area contributed by atoms with Crippen LogP contribution in [0.2, 0.25) is 0 Å². The summed E-state index contributed by atoms with van der Waals surface area (Å²) in [6.45, 7) is 4.31. The maximum absolute atomic E-state index is 12.2. The number of nitrogens with zero attached hydrogens (tertiary/aromatic N) is 2. The Hall–Kier alpha value is -2.60. The van der Waals surface area contributed by atoms with Gasteiger partial charge in [-0.1, -0.05) is 32.1 Å². The predicted octanol–water partition coefficient (Wildman–Crippen LogP) is 3.19. The zero-order chi connectivity index (χ0) is 15.0. The maximum Gasteiger partial charge on any atom is 0.255 e. The van der Waals surface area contributed by atoms with E-state index in [0.717, 1.165) is 17.7 Å². The van der Waals surface area contributed by atoms with Gasteiger partial charge in [-0.15, -0.1) is 0 Å². The molecular formula is C18H16N2O. The van der Waals surface area contributed by atoms with Gasteiger partial charge < -0.3 is 0 Å². The molecule has 0 saturated heterocycles. The van der Waals surface area contributed by atoms with Crippen molar-refractivity contribution in [3.63, 3.8) is 0 Å². The van der Waals surface area contributed by atoms with Crippen molar-refractivity contribution in [2.24, 2.45) is 5.41 Å². The Morgan fingerprint density at radius 3 is 2.76 bits per heavy atom. The molecule has 0 radical (unpaired) electrons. The molecule has 0 unspecified atom stereocenters. The van der Waals surface area contributed by atoms with Crippen molar-refractivity contribution in [1.29, 1.82) is 5.26 Å². The van der Waals surface area contributed by atoms with E-state index in [0.29, 0.717) is 5.56 Å². The Kier molecular flexibility index (Phi) is 3.03. The fourth-order valence-corrected chi connectivity index (χ4v) is 2.85. The number of benzene rings is 1. The zero-order valence-electron chi connectivity index (χ0n) is 12.1.